The van der Waals surface area contributed by atoms with Crippen molar-refractivity contribution in [3.63, 3.8) is 0 Å². The molecule has 0 aliphatic rings. The van der Waals surface area contributed by atoms with Gasteiger partial charge in [-0.15, -0.1) is 10.2 Å². The fourth-order valence-corrected chi connectivity index (χ4v) is 3.56. The number of amides is 1. The van der Waals surface area contributed by atoms with E-state index in [0.29, 0.717) is 10.8 Å². The molecule has 0 spiro atoms. The molecule has 1 heterocycles. The zero-order chi connectivity index (χ0) is 18.5. The summed E-state index contributed by atoms with van der Waals surface area (Å²) in [6.07, 6.45) is 1.66. The van der Waals surface area contributed by atoms with Gasteiger partial charge < -0.3 is 9.88 Å². The molecule has 0 saturated heterocycles. The molecule has 0 aliphatic carbocycles. The Hall–Kier alpha value is -2.67. The number of hydrogen-bond acceptors (Lipinski definition) is 4. The quantitative estimate of drug-likeness (QED) is 0.651. The number of nitrogens with zero attached hydrogens (tertiary/aromatic N) is 3. The molecule has 7 heteroatoms. The third kappa shape index (κ3) is 4.29. The lowest BCUT2D eigenvalue weighted by Gasteiger charge is -2.18. The van der Waals surface area contributed by atoms with Gasteiger partial charge in [0.25, 0.3) is 0 Å². The number of anilines is 1. The first-order chi connectivity index (χ1) is 12.5. The molecule has 0 saturated carbocycles. The minimum absolute atomic E-state index is 0.184. The first-order valence-electron chi connectivity index (χ1n) is 8.22. The van der Waals surface area contributed by atoms with Crippen LogP contribution in [0.25, 0.3) is 0 Å². The van der Waals surface area contributed by atoms with E-state index in [1.165, 1.54) is 36.0 Å². The van der Waals surface area contributed by atoms with Gasteiger partial charge >= 0.3 is 0 Å². The number of nitrogens with one attached hydrogen (secondary N) is 1. The highest BCUT2D eigenvalue weighted by atomic mass is 32.2. The highest BCUT2D eigenvalue weighted by Crippen LogP contribution is 2.36. The molecule has 0 bridgehead atoms. The number of rotatable bonds is 6. The van der Waals surface area contributed by atoms with Gasteiger partial charge in [0.2, 0.25) is 5.91 Å². The van der Waals surface area contributed by atoms with E-state index in [0.717, 1.165) is 5.56 Å². The molecule has 0 radical (unpaired) electrons. The van der Waals surface area contributed by atoms with E-state index in [1.54, 1.807) is 6.33 Å². The predicted octanol–water partition coefficient (Wildman–Crippen LogP) is 4.47. The van der Waals surface area contributed by atoms with Crippen molar-refractivity contribution in [2.45, 2.75) is 30.3 Å². The van der Waals surface area contributed by atoms with E-state index in [9.17, 15) is 9.18 Å². The number of carbonyl (C=O) groups excluding carboxylic acids is 1. The fraction of sp³-hybridized carbons (Fsp3) is 0.211. The van der Waals surface area contributed by atoms with Crippen molar-refractivity contribution in [1.82, 2.24) is 14.8 Å². The van der Waals surface area contributed by atoms with Crippen molar-refractivity contribution in [3.05, 3.63) is 72.3 Å². The highest BCUT2D eigenvalue weighted by molar-refractivity contribution is 8.00. The van der Waals surface area contributed by atoms with Crippen LogP contribution in [0, 0.1) is 5.82 Å². The average Bonchev–Trinajstić information content (AvgIpc) is 3.11. The number of thioether (sulfide) groups is 1. The van der Waals surface area contributed by atoms with Gasteiger partial charge in [0.15, 0.2) is 5.16 Å². The molecule has 0 fully saturated rings. The van der Waals surface area contributed by atoms with Crippen LogP contribution in [0.5, 0.6) is 0 Å². The lowest BCUT2D eigenvalue weighted by Crippen LogP contribution is -2.19. The van der Waals surface area contributed by atoms with Gasteiger partial charge in [-0.2, -0.15) is 0 Å². The van der Waals surface area contributed by atoms with Crippen molar-refractivity contribution >= 4 is 23.4 Å². The second-order valence-electron chi connectivity index (χ2n) is 6.02. The summed E-state index contributed by atoms with van der Waals surface area (Å²) >= 11 is 1.34. The van der Waals surface area contributed by atoms with Crippen LogP contribution in [0.3, 0.4) is 0 Å². The molecule has 3 aromatic rings. The van der Waals surface area contributed by atoms with E-state index in [2.05, 4.69) is 15.5 Å². The van der Waals surface area contributed by atoms with Crippen molar-refractivity contribution in [2.75, 3.05) is 5.32 Å². The highest BCUT2D eigenvalue weighted by Gasteiger charge is 2.25. The maximum absolute atomic E-state index is 13.1. The second-order valence-corrected chi connectivity index (χ2v) is 7.09. The molecule has 26 heavy (non-hydrogen) atoms. The number of carbonyl (C=O) groups is 1. The topological polar surface area (TPSA) is 59.8 Å². The van der Waals surface area contributed by atoms with Crippen LogP contribution in [-0.2, 0) is 4.79 Å². The molecule has 1 atom stereocenters. The Morgan fingerprint density at radius 1 is 1.12 bits per heavy atom. The maximum Gasteiger partial charge on any atom is 0.242 e. The molecule has 2 aromatic carbocycles. The van der Waals surface area contributed by atoms with Gasteiger partial charge in [-0.25, -0.2) is 4.39 Å². The van der Waals surface area contributed by atoms with Crippen molar-refractivity contribution in [1.29, 1.82) is 0 Å². The van der Waals surface area contributed by atoms with E-state index in [1.807, 2.05) is 48.7 Å². The summed E-state index contributed by atoms with van der Waals surface area (Å²) in [5.74, 6) is -0.548. The van der Waals surface area contributed by atoms with E-state index in [-0.39, 0.29) is 17.8 Å². The van der Waals surface area contributed by atoms with Crippen molar-refractivity contribution in [2.24, 2.45) is 0 Å². The molecule has 1 amide bonds. The normalized spacial score (nSPS) is 12.2. The minimum atomic E-state index is -0.511. The van der Waals surface area contributed by atoms with Crippen LogP contribution in [0.2, 0.25) is 0 Å². The van der Waals surface area contributed by atoms with Crippen LogP contribution in [0.15, 0.2) is 66.1 Å². The second kappa shape index (κ2) is 8.14. The van der Waals surface area contributed by atoms with Crippen LogP contribution in [0.1, 0.15) is 30.7 Å². The lowest BCUT2D eigenvalue weighted by molar-refractivity contribution is -0.115. The Kier molecular flexibility index (Phi) is 5.68. The summed E-state index contributed by atoms with van der Waals surface area (Å²) in [6, 6.07) is 15.4. The summed E-state index contributed by atoms with van der Waals surface area (Å²) in [5, 5.41) is 11.1. The average molecular weight is 370 g/mol. The van der Waals surface area contributed by atoms with Gasteiger partial charge in [0.1, 0.15) is 17.4 Å². The molecule has 5 nitrogen and oxygen atoms in total. The minimum Gasteiger partial charge on any atom is -0.325 e. The van der Waals surface area contributed by atoms with Gasteiger partial charge in [-0.1, -0.05) is 42.1 Å². The van der Waals surface area contributed by atoms with Crippen LogP contribution >= 0.6 is 11.8 Å². The zero-order valence-corrected chi connectivity index (χ0v) is 15.3. The van der Waals surface area contributed by atoms with Gasteiger partial charge in [0.05, 0.1) is 0 Å². The first kappa shape index (κ1) is 18.1. The third-order valence-corrected chi connectivity index (χ3v) is 5.00. The van der Waals surface area contributed by atoms with E-state index >= 15 is 0 Å². The standard InChI is InChI=1S/C19H19FN4OS/c1-13(2)24-12-21-23-19(24)26-17(14-6-4-3-5-7-14)18(25)22-16-10-8-15(20)9-11-16/h3-13,17H,1-2H3,(H,22,25)/t17-/m1/s1. The summed E-state index contributed by atoms with van der Waals surface area (Å²) in [4.78, 5) is 12.9. The Morgan fingerprint density at radius 3 is 2.46 bits per heavy atom. The van der Waals surface area contributed by atoms with E-state index < -0.39 is 5.25 Å². The molecule has 1 N–H and O–H groups in total. The Morgan fingerprint density at radius 2 is 1.81 bits per heavy atom. The lowest BCUT2D eigenvalue weighted by atomic mass is 10.1. The molecule has 3 rings (SSSR count). The summed E-state index contributed by atoms with van der Waals surface area (Å²) in [7, 11) is 0. The summed E-state index contributed by atoms with van der Waals surface area (Å²) in [5.41, 5.74) is 1.40. The predicted molar refractivity (Wildman–Crippen MR) is 100 cm³/mol. The van der Waals surface area contributed by atoms with Gasteiger partial charge in [0, 0.05) is 11.7 Å². The SMILES string of the molecule is CC(C)n1cnnc1S[C@@H](C(=O)Nc1ccc(F)cc1)c1ccccc1. The number of hydrogen-bond donors (Lipinski definition) is 1. The van der Waals surface area contributed by atoms with Crippen molar-refractivity contribution < 1.29 is 9.18 Å². The number of halogens is 1. The maximum atomic E-state index is 13.1. The number of benzene rings is 2. The molecule has 1 aromatic heterocycles. The molecule has 134 valence electrons. The Balaban J connectivity index is 1.87. The Bertz CT molecular complexity index is 865. The zero-order valence-electron chi connectivity index (χ0n) is 14.5. The summed E-state index contributed by atoms with van der Waals surface area (Å²) < 4.78 is 15.0. The monoisotopic (exact) mass is 370 g/mol. The smallest absolute Gasteiger partial charge is 0.242 e. The Labute approximate surface area is 155 Å². The number of aromatic nitrogens is 3. The van der Waals surface area contributed by atoms with E-state index in [4.69, 9.17) is 0 Å². The fourth-order valence-electron chi connectivity index (χ4n) is 2.42. The molecular formula is C19H19FN4OS. The molecular weight excluding hydrogens is 351 g/mol. The third-order valence-electron chi connectivity index (χ3n) is 3.77. The molecule has 0 aliphatic heterocycles. The van der Waals surface area contributed by atoms with Crippen LogP contribution in [-0.4, -0.2) is 20.7 Å². The largest absolute Gasteiger partial charge is 0.325 e. The summed E-state index contributed by atoms with van der Waals surface area (Å²) in [6.45, 7) is 4.06. The molecule has 0 unspecified atom stereocenters. The first-order valence-corrected chi connectivity index (χ1v) is 9.10. The van der Waals surface area contributed by atoms with Crippen LogP contribution in [0.4, 0.5) is 10.1 Å². The van der Waals surface area contributed by atoms with Crippen LogP contribution < -0.4 is 5.32 Å². The van der Waals surface area contributed by atoms with Crippen molar-refractivity contribution in [3.8, 4) is 0 Å². The van der Waals surface area contributed by atoms with Gasteiger partial charge in [-0.05, 0) is 43.7 Å². The van der Waals surface area contributed by atoms with Gasteiger partial charge in [-0.3, -0.25) is 4.79 Å².